The summed E-state index contributed by atoms with van der Waals surface area (Å²) in [6.07, 6.45) is 52.3. The maximum Gasteiger partial charge on any atom is 0.220 e. The Morgan fingerprint density at radius 3 is 1.21 bits per heavy atom. The molecule has 0 aromatic heterocycles. The first kappa shape index (κ1) is 45.6. The van der Waals surface area contributed by atoms with Crippen LogP contribution in [-0.4, -0.2) is 34.9 Å². The molecule has 0 radical (unpaired) electrons. The fourth-order valence-electron chi connectivity index (χ4n) is 6.13. The smallest absolute Gasteiger partial charge is 0.220 e. The molecule has 0 saturated heterocycles. The lowest BCUT2D eigenvalue weighted by atomic mass is 10.0. The van der Waals surface area contributed by atoms with E-state index in [0.717, 1.165) is 38.5 Å². The molecule has 0 bridgehead atoms. The summed E-state index contributed by atoms with van der Waals surface area (Å²) in [6.45, 7) is 4.06. The first-order chi connectivity index (χ1) is 23.2. The van der Waals surface area contributed by atoms with Crippen molar-refractivity contribution in [3.8, 4) is 0 Å². The van der Waals surface area contributed by atoms with E-state index in [2.05, 4.69) is 36.5 Å². The molecule has 4 nitrogen and oxygen atoms in total. The van der Waals surface area contributed by atoms with Crippen LogP contribution in [0.5, 0.6) is 0 Å². The Labute approximate surface area is 293 Å². The summed E-state index contributed by atoms with van der Waals surface area (Å²) in [4.78, 5) is 11.8. The van der Waals surface area contributed by atoms with Crippen LogP contribution in [0.15, 0.2) is 36.5 Å². The molecule has 3 N–H and O–H groups in total. The van der Waals surface area contributed by atoms with Crippen LogP contribution in [0.2, 0.25) is 0 Å². The second kappa shape index (κ2) is 39.1. The number of nitrogens with one attached hydrogen (secondary N) is 1. The van der Waals surface area contributed by atoms with Gasteiger partial charge >= 0.3 is 0 Å². The van der Waals surface area contributed by atoms with Crippen molar-refractivity contribution in [1.82, 2.24) is 5.32 Å². The second-order valence-corrected chi connectivity index (χ2v) is 14.0. The molecule has 47 heavy (non-hydrogen) atoms. The molecule has 0 spiro atoms. The first-order valence-electron chi connectivity index (χ1n) is 20.7. The molecule has 0 aromatic rings. The number of carbonyl (C=O) groups excluding carboxylic acids is 1. The van der Waals surface area contributed by atoms with E-state index >= 15 is 0 Å². The number of carbonyl (C=O) groups is 1. The number of hydrogen-bond donors (Lipinski definition) is 3. The minimum atomic E-state index is -0.863. The predicted molar refractivity (Wildman–Crippen MR) is 207 cm³/mol. The molecule has 0 heterocycles. The number of amides is 1. The molecule has 0 fully saturated rings. The van der Waals surface area contributed by atoms with Crippen molar-refractivity contribution >= 4 is 5.91 Å². The molecule has 0 aliphatic carbocycles. The van der Waals surface area contributed by atoms with E-state index in [1.54, 1.807) is 6.08 Å². The fraction of sp³-hybridized carbons (Fsp3) is 0.837. The Balaban J connectivity index is 3.38. The molecule has 0 aromatic carbocycles. The fourth-order valence-corrected chi connectivity index (χ4v) is 6.13. The summed E-state index contributed by atoms with van der Waals surface area (Å²) in [5, 5.41) is 22.4. The van der Waals surface area contributed by atoms with Crippen LogP contribution < -0.4 is 5.32 Å². The summed E-state index contributed by atoms with van der Waals surface area (Å²) in [5.74, 6) is -0.114. The van der Waals surface area contributed by atoms with E-state index in [1.165, 1.54) is 154 Å². The average molecular weight is 660 g/mol. The number of aliphatic hydroxyl groups excluding tert-OH is 2. The van der Waals surface area contributed by atoms with Crippen LogP contribution in [0.4, 0.5) is 0 Å². The van der Waals surface area contributed by atoms with Crippen molar-refractivity contribution in [2.45, 2.75) is 225 Å². The lowest BCUT2D eigenvalue weighted by Gasteiger charge is -2.19. The van der Waals surface area contributed by atoms with Gasteiger partial charge in [0.05, 0.1) is 18.8 Å². The number of allylic oxidation sites excluding steroid dienone is 5. The van der Waals surface area contributed by atoms with Crippen LogP contribution in [0.1, 0.15) is 213 Å². The molecule has 2 atom stereocenters. The van der Waals surface area contributed by atoms with Gasteiger partial charge in [-0.15, -0.1) is 0 Å². The van der Waals surface area contributed by atoms with Gasteiger partial charge in [-0.05, 0) is 44.9 Å². The zero-order chi connectivity index (χ0) is 34.3. The molecule has 4 heteroatoms. The monoisotopic (exact) mass is 660 g/mol. The Hall–Kier alpha value is -1.39. The Bertz CT molecular complexity index is 716. The largest absolute Gasteiger partial charge is 0.394 e. The van der Waals surface area contributed by atoms with Crippen molar-refractivity contribution in [2.75, 3.05) is 6.61 Å². The van der Waals surface area contributed by atoms with Gasteiger partial charge in [-0.25, -0.2) is 0 Å². The highest BCUT2D eigenvalue weighted by molar-refractivity contribution is 5.76. The number of hydrogen-bond acceptors (Lipinski definition) is 3. The third kappa shape index (κ3) is 35.7. The predicted octanol–water partition coefficient (Wildman–Crippen LogP) is 12.6. The summed E-state index contributed by atoms with van der Waals surface area (Å²) < 4.78 is 0. The van der Waals surface area contributed by atoms with Crippen molar-refractivity contribution < 1.29 is 15.0 Å². The lowest BCUT2D eigenvalue weighted by molar-refractivity contribution is -0.123. The van der Waals surface area contributed by atoms with E-state index in [1.807, 2.05) is 13.0 Å². The van der Waals surface area contributed by atoms with Crippen LogP contribution in [0.25, 0.3) is 0 Å². The summed E-state index contributed by atoms with van der Waals surface area (Å²) in [6, 6.07) is -0.638. The normalized spacial score (nSPS) is 13.4. The van der Waals surface area contributed by atoms with Crippen LogP contribution in [-0.2, 0) is 4.79 Å². The Morgan fingerprint density at radius 2 is 0.830 bits per heavy atom. The van der Waals surface area contributed by atoms with Gasteiger partial charge in [0.2, 0.25) is 5.91 Å². The van der Waals surface area contributed by atoms with E-state index in [0.29, 0.717) is 6.42 Å². The molecule has 0 aliphatic heterocycles. The van der Waals surface area contributed by atoms with E-state index < -0.39 is 12.1 Å². The molecule has 0 aliphatic rings. The molecular weight excluding hydrogens is 578 g/mol. The minimum Gasteiger partial charge on any atom is -0.394 e. The molecule has 276 valence electrons. The summed E-state index contributed by atoms with van der Waals surface area (Å²) in [5.41, 5.74) is 0. The standard InChI is InChI=1S/C43H81NO3/c1-3-5-7-8-9-10-11-12-13-14-15-16-17-18-19-20-21-22-23-24-25-26-27-28-29-30-31-32-33-34-35-36-37-38-42(46)41(40-45)44-43(47)39-6-4-2/h29-30,33-34,37-38,41-42,45-46H,3-28,31-32,35-36,39-40H2,1-2H3,(H,44,47)/b30-29+,34-33+,38-37+. The average Bonchev–Trinajstić information content (AvgIpc) is 3.08. The number of aliphatic hydroxyl groups is 2. The Kier molecular flexibility index (Phi) is 37.9. The maximum atomic E-state index is 11.8. The topological polar surface area (TPSA) is 69.6 Å². The molecule has 0 rings (SSSR count). The maximum absolute atomic E-state index is 11.8. The zero-order valence-corrected chi connectivity index (χ0v) is 31.5. The van der Waals surface area contributed by atoms with E-state index in [-0.39, 0.29) is 12.5 Å². The first-order valence-corrected chi connectivity index (χ1v) is 20.7. The molecule has 2 unspecified atom stereocenters. The lowest BCUT2D eigenvalue weighted by Crippen LogP contribution is -2.45. The van der Waals surface area contributed by atoms with Gasteiger partial charge in [-0.1, -0.05) is 198 Å². The van der Waals surface area contributed by atoms with E-state index in [9.17, 15) is 15.0 Å². The number of rotatable bonds is 37. The van der Waals surface area contributed by atoms with Crippen molar-refractivity contribution in [3.05, 3.63) is 36.5 Å². The second-order valence-electron chi connectivity index (χ2n) is 14.0. The highest BCUT2D eigenvalue weighted by Gasteiger charge is 2.17. The van der Waals surface area contributed by atoms with Crippen molar-refractivity contribution in [3.63, 3.8) is 0 Å². The SMILES string of the molecule is CCCCCCCCCCCCCCCCCCCCCCCCC/C=C/CC/C=C/CC/C=C/C(O)C(CO)NC(=O)CCCC. The molecular formula is C43H81NO3. The van der Waals surface area contributed by atoms with Gasteiger partial charge in [0.15, 0.2) is 0 Å². The highest BCUT2D eigenvalue weighted by atomic mass is 16.3. The Morgan fingerprint density at radius 1 is 0.489 bits per heavy atom. The van der Waals surface area contributed by atoms with E-state index in [4.69, 9.17) is 0 Å². The van der Waals surface area contributed by atoms with Gasteiger partial charge < -0.3 is 15.5 Å². The van der Waals surface area contributed by atoms with Crippen LogP contribution in [0.3, 0.4) is 0 Å². The zero-order valence-electron chi connectivity index (χ0n) is 31.5. The van der Waals surface area contributed by atoms with Gasteiger partial charge in [0.1, 0.15) is 0 Å². The third-order valence-electron chi connectivity index (χ3n) is 9.35. The summed E-state index contributed by atoms with van der Waals surface area (Å²) in [7, 11) is 0. The van der Waals surface area contributed by atoms with Gasteiger partial charge in [-0.2, -0.15) is 0 Å². The quantitative estimate of drug-likeness (QED) is 0.0459. The van der Waals surface area contributed by atoms with Gasteiger partial charge in [0.25, 0.3) is 0 Å². The molecule has 1 amide bonds. The highest BCUT2D eigenvalue weighted by Crippen LogP contribution is 2.16. The molecule has 0 saturated carbocycles. The van der Waals surface area contributed by atoms with Crippen molar-refractivity contribution in [1.29, 1.82) is 0 Å². The van der Waals surface area contributed by atoms with Gasteiger partial charge in [-0.3, -0.25) is 4.79 Å². The van der Waals surface area contributed by atoms with Crippen molar-refractivity contribution in [2.24, 2.45) is 0 Å². The van der Waals surface area contributed by atoms with Gasteiger partial charge in [0, 0.05) is 6.42 Å². The van der Waals surface area contributed by atoms with Crippen LogP contribution in [0, 0.1) is 0 Å². The number of unbranched alkanes of at least 4 members (excludes halogenated alkanes) is 26. The minimum absolute atomic E-state index is 0.114. The summed E-state index contributed by atoms with van der Waals surface area (Å²) >= 11 is 0. The van der Waals surface area contributed by atoms with Crippen LogP contribution >= 0.6 is 0 Å². The third-order valence-corrected chi connectivity index (χ3v) is 9.35.